The number of nitrogens with one attached hydrogen (secondary N) is 1. The van der Waals surface area contributed by atoms with E-state index < -0.39 is 24.3 Å². The number of carbonyl (C=O) groups is 2. The highest BCUT2D eigenvalue weighted by atomic mass is 16.6. The van der Waals surface area contributed by atoms with Crippen LogP contribution in [-0.4, -0.2) is 42.5 Å². The van der Waals surface area contributed by atoms with Gasteiger partial charge in [-0.2, -0.15) is 0 Å². The zero-order chi connectivity index (χ0) is 12.3. The molecule has 0 saturated heterocycles. The first-order valence-electron chi connectivity index (χ1n) is 4.63. The second-order valence-corrected chi connectivity index (χ2v) is 3.35. The second kappa shape index (κ2) is 4.95. The quantitative estimate of drug-likeness (QED) is 0.561. The van der Waals surface area contributed by atoms with Crippen molar-refractivity contribution in [2.24, 2.45) is 5.73 Å². The highest BCUT2D eigenvalue weighted by Crippen LogP contribution is 2.17. The molecular formula is C9H14N2O5. The van der Waals surface area contributed by atoms with Gasteiger partial charge in [-0.15, -0.1) is 0 Å². The minimum atomic E-state index is -1.24. The van der Waals surface area contributed by atoms with Crippen molar-refractivity contribution in [3.05, 3.63) is 11.8 Å². The van der Waals surface area contributed by atoms with E-state index in [-0.39, 0.29) is 11.7 Å². The molecule has 1 aliphatic rings. The van der Waals surface area contributed by atoms with Gasteiger partial charge in [-0.25, -0.2) is 4.79 Å². The van der Waals surface area contributed by atoms with E-state index in [1.54, 1.807) is 0 Å². The van der Waals surface area contributed by atoms with Crippen LogP contribution in [0.1, 0.15) is 6.92 Å². The maximum atomic E-state index is 10.9. The summed E-state index contributed by atoms with van der Waals surface area (Å²) in [5.74, 6) is -1.88. The maximum Gasteiger partial charge on any atom is 0.370 e. The Bertz CT molecular complexity index is 328. The van der Waals surface area contributed by atoms with E-state index in [0.29, 0.717) is 0 Å². The maximum absolute atomic E-state index is 10.9. The standard InChI is InChI=1S/C9H14N2O5/c1-4(12)11-8-7(15-2)5(10)3-6(16-8)9(13)14/h3,5,7-8H,10H2,1-2H3,(H,11,12)(H,13,14)/t5-,7+,8-/m0/s1. The first kappa shape index (κ1) is 12.5. The van der Waals surface area contributed by atoms with E-state index in [1.165, 1.54) is 20.1 Å². The monoisotopic (exact) mass is 230 g/mol. The Labute approximate surface area is 92.2 Å². The van der Waals surface area contributed by atoms with Gasteiger partial charge in [0.1, 0.15) is 6.10 Å². The first-order valence-corrected chi connectivity index (χ1v) is 4.63. The fourth-order valence-corrected chi connectivity index (χ4v) is 1.43. The molecule has 0 spiro atoms. The molecule has 7 nitrogen and oxygen atoms in total. The summed E-state index contributed by atoms with van der Waals surface area (Å²) in [4.78, 5) is 21.6. The average Bonchev–Trinajstić information content (AvgIpc) is 2.16. The SMILES string of the molecule is CO[C@@H]1[C@@H](N)C=C(C(=O)O)O[C@@H]1NC(C)=O. The summed E-state index contributed by atoms with van der Waals surface area (Å²) in [6.45, 7) is 1.29. The van der Waals surface area contributed by atoms with Crippen LogP contribution < -0.4 is 11.1 Å². The summed E-state index contributed by atoms with van der Waals surface area (Å²) in [5, 5.41) is 11.2. The summed E-state index contributed by atoms with van der Waals surface area (Å²) in [6, 6.07) is -0.651. The number of rotatable bonds is 3. The van der Waals surface area contributed by atoms with Crippen molar-refractivity contribution in [1.82, 2.24) is 5.32 Å². The van der Waals surface area contributed by atoms with Crippen LogP contribution in [0.25, 0.3) is 0 Å². The number of nitrogens with two attached hydrogens (primary N) is 1. The van der Waals surface area contributed by atoms with Gasteiger partial charge >= 0.3 is 5.97 Å². The van der Waals surface area contributed by atoms with E-state index in [4.69, 9.17) is 20.3 Å². The van der Waals surface area contributed by atoms with E-state index in [1.807, 2.05) is 0 Å². The van der Waals surface area contributed by atoms with E-state index in [9.17, 15) is 9.59 Å². The van der Waals surface area contributed by atoms with Gasteiger partial charge in [0.05, 0.1) is 6.04 Å². The number of carbonyl (C=O) groups excluding carboxylic acids is 1. The van der Waals surface area contributed by atoms with Crippen LogP contribution in [0.3, 0.4) is 0 Å². The first-order chi connectivity index (χ1) is 7.45. The van der Waals surface area contributed by atoms with Crippen molar-refractivity contribution in [1.29, 1.82) is 0 Å². The average molecular weight is 230 g/mol. The molecule has 1 aliphatic heterocycles. The molecule has 1 amide bonds. The third-order valence-electron chi connectivity index (χ3n) is 2.10. The summed E-state index contributed by atoms with van der Waals surface area (Å²) >= 11 is 0. The third kappa shape index (κ3) is 2.71. The molecule has 7 heteroatoms. The predicted octanol–water partition coefficient (Wildman–Crippen LogP) is -1.21. The molecule has 0 saturated carbocycles. The van der Waals surface area contributed by atoms with Crippen LogP contribution in [-0.2, 0) is 19.1 Å². The van der Waals surface area contributed by atoms with Crippen LogP contribution in [0, 0.1) is 0 Å². The largest absolute Gasteiger partial charge is 0.475 e. The molecule has 0 fully saturated rings. The molecule has 0 radical (unpaired) electrons. The lowest BCUT2D eigenvalue weighted by atomic mass is 10.1. The summed E-state index contributed by atoms with van der Waals surface area (Å²) < 4.78 is 10.1. The summed E-state index contributed by atoms with van der Waals surface area (Å²) in [5.41, 5.74) is 5.69. The van der Waals surface area contributed by atoms with E-state index in [2.05, 4.69) is 5.32 Å². The fourth-order valence-electron chi connectivity index (χ4n) is 1.43. The molecule has 0 aliphatic carbocycles. The molecule has 1 rings (SSSR count). The Hall–Kier alpha value is -1.60. The van der Waals surface area contributed by atoms with Gasteiger partial charge in [0.2, 0.25) is 17.9 Å². The zero-order valence-corrected chi connectivity index (χ0v) is 8.97. The number of amides is 1. The van der Waals surface area contributed by atoms with Crippen molar-refractivity contribution in [3.63, 3.8) is 0 Å². The van der Waals surface area contributed by atoms with Crippen LogP contribution in [0.5, 0.6) is 0 Å². The Kier molecular flexibility index (Phi) is 3.86. The molecule has 3 atom stereocenters. The molecule has 1 heterocycles. The Morgan fingerprint density at radius 3 is 2.69 bits per heavy atom. The van der Waals surface area contributed by atoms with E-state index >= 15 is 0 Å². The Balaban J connectivity index is 2.87. The Morgan fingerprint density at radius 1 is 1.62 bits per heavy atom. The van der Waals surface area contributed by atoms with Crippen molar-refractivity contribution >= 4 is 11.9 Å². The predicted molar refractivity (Wildman–Crippen MR) is 53.2 cm³/mol. The van der Waals surface area contributed by atoms with Crippen LogP contribution >= 0.6 is 0 Å². The van der Waals surface area contributed by atoms with Crippen LogP contribution in [0.2, 0.25) is 0 Å². The van der Waals surface area contributed by atoms with Gasteiger partial charge in [-0.1, -0.05) is 0 Å². The van der Waals surface area contributed by atoms with Crippen LogP contribution in [0.4, 0.5) is 0 Å². The highest BCUT2D eigenvalue weighted by Gasteiger charge is 2.35. The number of hydrogen-bond acceptors (Lipinski definition) is 5. The van der Waals surface area contributed by atoms with Crippen molar-refractivity contribution in [2.45, 2.75) is 25.3 Å². The molecule has 0 unspecified atom stereocenters. The van der Waals surface area contributed by atoms with Crippen molar-refractivity contribution < 1.29 is 24.2 Å². The Morgan fingerprint density at radius 2 is 2.25 bits per heavy atom. The van der Waals surface area contributed by atoms with Crippen LogP contribution in [0.15, 0.2) is 11.8 Å². The van der Waals surface area contributed by atoms with Gasteiger partial charge in [0.25, 0.3) is 0 Å². The van der Waals surface area contributed by atoms with Gasteiger partial charge in [-0.3, -0.25) is 4.79 Å². The van der Waals surface area contributed by atoms with Crippen molar-refractivity contribution in [3.8, 4) is 0 Å². The number of carboxylic acids is 1. The molecule has 0 aromatic carbocycles. The molecule has 0 aromatic heterocycles. The smallest absolute Gasteiger partial charge is 0.370 e. The lowest BCUT2D eigenvalue weighted by molar-refractivity contribution is -0.145. The summed E-state index contributed by atoms with van der Waals surface area (Å²) in [6.07, 6.45) is -0.268. The van der Waals surface area contributed by atoms with E-state index in [0.717, 1.165) is 0 Å². The molecule has 16 heavy (non-hydrogen) atoms. The third-order valence-corrected chi connectivity index (χ3v) is 2.10. The van der Waals surface area contributed by atoms with Gasteiger partial charge in [0, 0.05) is 14.0 Å². The van der Waals surface area contributed by atoms with Gasteiger partial charge < -0.3 is 25.6 Å². The topological polar surface area (TPSA) is 111 Å². The fraction of sp³-hybridized carbons (Fsp3) is 0.556. The second-order valence-electron chi connectivity index (χ2n) is 3.35. The number of methoxy groups -OCH3 is 1. The molecule has 4 N–H and O–H groups in total. The summed E-state index contributed by atoms with van der Waals surface area (Å²) in [7, 11) is 1.41. The lowest BCUT2D eigenvalue weighted by Gasteiger charge is -2.33. The molecule has 0 bridgehead atoms. The number of aliphatic carboxylic acids is 1. The van der Waals surface area contributed by atoms with Crippen molar-refractivity contribution in [2.75, 3.05) is 7.11 Å². The number of hydrogen-bond donors (Lipinski definition) is 3. The molecule has 90 valence electrons. The van der Waals surface area contributed by atoms with Gasteiger partial charge in [0.15, 0.2) is 0 Å². The molecule has 0 aromatic rings. The zero-order valence-electron chi connectivity index (χ0n) is 8.97. The van der Waals surface area contributed by atoms with Gasteiger partial charge in [-0.05, 0) is 6.08 Å². The number of ether oxygens (including phenoxy) is 2. The highest BCUT2D eigenvalue weighted by molar-refractivity contribution is 5.84. The minimum absolute atomic E-state index is 0.292. The lowest BCUT2D eigenvalue weighted by Crippen LogP contribution is -2.55. The minimum Gasteiger partial charge on any atom is -0.475 e. The molecular weight excluding hydrogens is 216 g/mol. The number of carboxylic acid groups (broad SMARTS) is 1. The normalized spacial score (nSPS) is 28.9.